The fourth-order valence-corrected chi connectivity index (χ4v) is 4.44. The molecule has 3 heterocycles. The molecule has 1 aliphatic rings. The summed E-state index contributed by atoms with van der Waals surface area (Å²) in [5.41, 5.74) is 1.18. The maximum absolute atomic E-state index is 12.4. The molecule has 0 aliphatic heterocycles. The lowest BCUT2D eigenvalue weighted by Gasteiger charge is -2.26. The van der Waals surface area contributed by atoms with Gasteiger partial charge in [-0.15, -0.1) is 11.3 Å². The van der Waals surface area contributed by atoms with Gasteiger partial charge in [0.25, 0.3) is 5.91 Å². The summed E-state index contributed by atoms with van der Waals surface area (Å²) in [4.78, 5) is 34.7. The average molecular weight is 346 g/mol. The van der Waals surface area contributed by atoms with Gasteiger partial charge in [-0.2, -0.15) is 0 Å². The Hall–Kier alpha value is -2.06. The van der Waals surface area contributed by atoms with Crippen LogP contribution in [0.15, 0.2) is 17.8 Å². The zero-order valence-electron chi connectivity index (χ0n) is 12.6. The van der Waals surface area contributed by atoms with Crippen molar-refractivity contribution < 1.29 is 9.59 Å². The SMILES string of the molecule is CC1(C)CC(=O)c2sc(NC(=O)c3cnc4sccn34)nc2C1. The van der Waals surface area contributed by atoms with Gasteiger partial charge in [-0.25, -0.2) is 9.97 Å². The number of amides is 1. The van der Waals surface area contributed by atoms with Crippen LogP contribution >= 0.6 is 22.7 Å². The number of fused-ring (bicyclic) bond motifs is 2. The highest BCUT2D eigenvalue weighted by Crippen LogP contribution is 2.38. The van der Waals surface area contributed by atoms with E-state index in [0.29, 0.717) is 22.1 Å². The molecule has 0 unspecified atom stereocenters. The van der Waals surface area contributed by atoms with Crippen molar-refractivity contribution in [2.45, 2.75) is 26.7 Å². The molecule has 0 saturated carbocycles. The Morgan fingerprint density at radius 2 is 2.22 bits per heavy atom. The summed E-state index contributed by atoms with van der Waals surface area (Å²) in [5.74, 6) is -0.160. The molecule has 0 saturated heterocycles. The summed E-state index contributed by atoms with van der Waals surface area (Å²) in [7, 11) is 0. The number of hydrogen-bond acceptors (Lipinski definition) is 6. The first-order chi connectivity index (χ1) is 10.9. The summed E-state index contributed by atoms with van der Waals surface area (Å²) in [6.07, 6.45) is 4.62. The number of nitrogens with one attached hydrogen (secondary N) is 1. The lowest BCUT2D eigenvalue weighted by Crippen LogP contribution is -2.26. The summed E-state index contributed by atoms with van der Waals surface area (Å²) in [5, 5.41) is 5.14. The number of carbonyl (C=O) groups excluding carboxylic acids is 2. The van der Waals surface area contributed by atoms with E-state index in [-0.39, 0.29) is 17.1 Å². The van der Waals surface area contributed by atoms with Crippen LogP contribution in [0.1, 0.15) is 46.1 Å². The van der Waals surface area contributed by atoms with Gasteiger partial charge in [0.2, 0.25) is 0 Å². The van der Waals surface area contributed by atoms with E-state index < -0.39 is 0 Å². The minimum absolute atomic E-state index is 0.0757. The molecule has 1 aliphatic carbocycles. The van der Waals surface area contributed by atoms with Crippen LogP contribution in [0, 0.1) is 5.41 Å². The van der Waals surface area contributed by atoms with Crippen molar-refractivity contribution in [2.24, 2.45) is 5.41 Å². The summed E-state index contributed by atoms with van der Waals surface area (Å²) >= 11 is 2.73. The van der Waals surface area contributed by atoms with Crippen molar-refractivity contribution >= 4 is 44.5 Å². The van der Waals surface area contributed by atoms with Crippen molar-refractivity contribution in [3.05, 3.63) is 34.0 Å². The molecule has 6 nitrogen and oxygen atoms in total. The molecule has 1 amide bonds. The Bertz CT molecular complexity index is 934. The monoisotopic (exact) mass is 346 g/mol. The Balaban J connectivity index is 1.62. The molecular formula is C15H14N4O2S2. The Labute approximate surface area is 140 Å². The summed E-state index contributed by atoms with van der Waals surface area (Å²) < 4.78 is 1.74. The third-order valence-electron chi connectivity index (χ3n) is 3.84. The van der Waals surface area contributed by atoms with Crippen molar-refractivity contribution in [1.29, 1.82) is 0 Å². The van der Waals surface area contributed by atoms with Gasteiger partial charge >= 0.3 is 0 Å². The van der Waals surface area contributed by atoms with E-state index in [1.165, 1.54) is 22.7 Å². The first kappa shape index (κ1) is 14.5. The third kappa shape index (κ3) is 2.47. The molecule has 3 aromatic rings. The summed E-state index contributed by atoms with van der Waals surface area (Å²) in [6.45, 7) is 4.12. The number of Topliss-reactive ketones (excluding diaryl/α,β-unsaturated/α-hetero) is 1. The molecule has 0 aromatic carbocycles. The second kappa shape index (κ2) is 4.97. The van der Waals surface area contributed by atoms with E-state index in [4.69, 9.17) is 0 Å². The van der Waals surface area contributed by atoms with E-state index in [1.54, 1.807) is 16.8 Å². The zero-order chi connectivity index (χ0) is 16.2. The standard InChI is InChI=1S/C15H14N4O2S2/c1-15(2)5-8-11(10(20)6-15)23-13(17-8)18-12(21)9-7-16-14-19(9)3-4-22-14/h3-4,7H,5-6H2,1-2H3,(H,17,18,21). The van der Waals surface area contributed by atoms with E-state index in [1.807, 2.05) is 5.38 Å². The summed E-state index contributed by atoms with van der Waals surface area (Å²) in [6, 6.07) is 0. The van der Waals surface area contributed by atoms with E-state index in [2.05, 4.69) is 29.1 Å². The fraction of sp³-hybridized carbons (Fsp3) is 0.333. The van der Waals surface area contributed by atoms with Gasteiger partial charge in [-0.05, 0) is 11.8 Å². The van der Waals surface area contributed by atoms with Gasteiger partial charge in [0.05, 0.1) is 16.8 Å². The minimum Gasteiger partial charge on any atom is -0.296 e. The van der Waals surface area contributed by atoms with Crippen LogP contribution in [0.4, 0.5) is 5.13 Å². The van der Waals surface area contributed by atoms with Crippen molar-refractivity contribution in [1.82, 2.24) is 14.4 Å². The second-order valence-electron chi connectivity index (χ2n) is 6.39. The normalized spacial score (nSPS) is 16.5. The van der Waals surface area contributed by atoms with Gasteiger partial charge in [0.15, 0.2) is 15.9 Å². The number of imidazole rings is 1. The van der Waals surface area contributed by atoms with E-state index in [9.17, 15) is 9.59 Å². The Morgan fingerprint density at radius 1 is 1.39 bits per heavy atom. The van der Waals surface area contributed by atoms with Crippen LogP contribution in [-0.2, 0) is 6.42 Å². The van der Waals surface area contributed by atoms with Crippen LogP contribution in [0.5, 0.6) is 0 Å². The molecule has 1 N–H and O–H groups in total. The topological polar surface area (TPSA) is 76.4 Å². The van der Waals surface area contributed by atoms with Gasteiger partial charge < -0.3 is 0 Å². The molecule has 0 radical (unpaired) electrons. The zero-order valence-corrected chi connectivity index (χ0v) is 14.3. The Kier molecular flexibility index (Phi) is 3.14. The van der Waals surface area contributed by atoms with Crippen LogP contribution in [-0.4, -0.2) is 26.1 Å². The van der Waals surface area contributed by atoms with Crippen LogP contribution in [0.3, 0.4) is 0 Å². The number of anilines is 1. The highest BCUT2D eigenvalue weighted by Gasteiger charge is 2.34. The minimum atomic E-state index is -0.270. The maximum Gasteiger partial charge on any atom is 0.276 e. The lowest BCUT2D eigenvalue weighted by atomic mass is 9.78. The van der Waals surface area contributed by atoms with Crippen LogP contribution in [0.2, 0.25) is 0 Å². The number of hydrogen-bond donors (Lipinski definition) is 1. The number of nitrogens with zero attached hydrogens (tertiary/aromatic N) is 3. The lowest BCUT2D eigenvalue weighted by molar-refractivity contribution is 0.0915. The molecule has 0 bridgehead atoms. The number of carbonyl (C=O) groups is 2. The van der Waals surface area contributed by atoms with Gasteiger partial charge in [0.1, 0.15) is 5.69 Å². The van der Waals surface area contributed by atoms with Gasteiger partial charge in [-0.1, -0.05) is 25.2 Å². The predicted octanol–water partition coefficient (Wildman–Crippen LogP) is 3.26. The first-order valence-corrected chi connectivity index (χ1v) is 8.87. The molecule has 118 valence electrons. The molecule has 4 rings (SSSR count). The molecule has 8 heteroatoms. The fourth-order valence-electron chi connectivity index (χ4n) is 2.83. The quantitative estimate of drug-likeness (QED) is 0.773. The number of rotatable bonds is 2. The maximum atomic E-state index is 12.4. The van der Waals surface area contributed by atoms with E-state index >= 15 is 0 Å². The Morgan fingerprint density at radius 3 is 3.04 bits per heavy atom. The van der Waals surface area contributed by atoms with Crippen molar-refractivity contribution in [2.75, 3.05) is 5.32 Å². The average Bonchev–Trinajstić information content (AvgIpc) is 3.10. The molecule has 23 heavy (non-hydrogen) atoms. The predicted molar refractivity (Wildman–Crippen MR) is 89.6 cm³/mol. The largest absolute Gasteiger partial charge is 0.296 e. The second-order valence-corrected chi connectivity index (χ2v) is 8.26. The third-order valence-corrected chi connectivity index (χ3v) is 5.66. The van der Waals surface area contributed by atoms with Crippen molar-refractivity contribution in [3.63, 3.8) is 0 Å². The first-order valence-electron chi connectivity index (χ1n) is 7.18. The van der Waals surface area contributed by atoms with Crippen LogP contribution in [0.25, 0.3) is 4.96 Å². The smallest absolute Gasteiger partial charge is 0.276 e. The molecule has 0 fully saturated rings. The number of ketones is 1. The molecule has 0 atom stereocenters. The molecule has 3 aromatic heterocycles. The highest BCUT2D eigenvalue weighted by molar-refractivity contribution is 7.17. The number of aromatic nitrogens is 3. The van der Waals surface area contributed by atoms with Crippen molar-refractivity contribution in [3.8, 4) is 0 Å². The molecular weight excluding hydrogens is 332 g/mol. The molecule has 0 spiro atoms. The van der Waals surface area contributed by atoms with Gasteiger partial charge in [-0.3, -0.25) is 19.3 Å². The van der Waals surface area contributed by atoms with Crippen LogP contribution < -0.4 is 5.32 Å². The number of thiazole rings is 2. The highest BCUT2D eigenvalue weighted by atomic mass is 32.1. The van der Waals surface area contributed by atoms with E-state index in [0.717, 1.165) is 17.1 Å². The van der Waals surface area contributed by atoms with Gasteiger partial charge in [0, 0.05) is 18.0 Å².